The second-order valence-corrected chi connectivity index (χ2v) is 15.0. The second-order valence-electron chi connectivity index (χ2n) is 14.0. The first kappa shape index (κ1) is 37.6. The molecule has 3 atom stereocenters. The van der Waals surface area contributed by atoms with Crippen LogP contribution in [0, 0.1) is 23.0 Å². The molecule has 10 nitrogen and oxygen atoms in total. The third-order valence-corrected chi connectivity index (χ3v) is 11.8. The number of hydrogen-bond acceptors (Lipinski definition) is 11. The Kier molecular flexibility index (Phi) is 8.83. The minimum absolute atomic E-state index is 0.120. The number of aromatic nitrogens is 3. The molecule has 3 aliphatic heterocycles. The van der Waals surface area contributed by atoms with Crippen molar-refractivity contribution in [3.05, 3.63) is 58.3 Å². The lowest BCUT2D eigenvalue weighted by Gasteiger charge is -2.32. The summed E-state index contributed by atoms with van der Waals surface area (Å²) in [5.74, 6) is -4.13. The van der Waals surface area contributed by atoms with Crippen molar-refractivity contribution in [2.75, 3.05) is 49.2 Å². The largest absolute Gasteiger partial charge is 0.490 e. The van der Waals surface area contributed by atoms with Crippen LogP contribution in [0.5, 0.6) is 11.8 Å². The van der Waals surface area contributed by atoms with Gasteiger partial charge in [-0.25, -0.2) is 18.2 Å². The maximum atomic E-state index is 17.4. The molecular weight excluding hydrogens is 779 g/mol. The summed E-state index contributed by atoms with van der Waals surface area (Å²) in [6.07, 6.45) is -9.40. The van der Waals surface area contributed by atoms with E-state index in [1.807, 2.05) is 4.90 Å². The van der Waals surface area contributed by atoms with Gasteiger partial charge in [0.05, 0.1) is 39.3 Å². The molecule has 0 amide bonds. The minimum Gasteiger partial charge on any atom is -0.490 e. The third kappa shape index (κ3) is 5.93. The topological polar surface area (TPSA) is 139 Å². The summed E-state index contributed by atoms with van der Waals surface area (Å²) in [4.78, 5) is 15.6. The highest BCUT2D eigenvalue weighted by molar-refractivity contribution is 7.23. The first-order chi connectivity index (χ1) is 26.4. The van der Waals surface area contributed by atoms with Gasteiger partial charge in [-0.3, -0.25) is 4.90 Å². The van der Waals surface area contributed by atoms with Gasteiger partial charge in [-0.15, -0.1) is 11.3 Å². The summed E-state index contributed by atoms with van der Waals surface area (Å²) in [7, 11) is 0. The van der Waals surface area contributed by atoms with Crippen LogP contribution in [0.4, 0.5) is 56.2 Å². The van der Waals surface area contributed by atoms with Crippen LogP contribution in [0.15, 0.2) is 24.4 Å². The highest BCUT2D eigenvalue weighted by atomic mass is 32.1. The number of halogens is 9. The molecule has 20 heteroatoms. The fourth-order valence-corrected chi connectivity index (χ4v) is 9.19. The number of rotatable bonds is 6. The van der Waals surface area contributed by atoms with E-state index < -0.39 is 99.1 Å². The number of alkyl halides is 7. The molecule has 0 saturated carbocycles. The van der Waals surface area contributed by atoms with Gasteiger partial charge in [0.2, 0.25) is 0 Å². The number of anilines is 3. The zero-order chi connectivity index (χ0) is 40.1. The Morgan fingerprint density at radius 2 is 1.88 bits per heavy atom. The molecule has 2 saturated heterocycles. The zero-order valence-corrected chi connectivity index (χ0v) is 29.9. The standard InChI is InChI=1S/C36H29F9N8O2S/c1-15(19-9-16(35(40,41)42)12-49-30(19)47)53-7-8-54-28-24-27(50-33(51-32(24)53)55-14-34-5-2-6-52(34)13-17(37)10-34)26(39)23(25(28)36(43,44)45)18-3-4-21(38)29-22(18)20(11-46)31(48)56-29/h3-4,9,12,15,17H,2,5-8,10,13-14,48H2,1H3,(H2,47,49)/t15-,17-,34+/m1/s1. The second kappa shape index (κ2) is 13.1. The molecule has 4 N–H and O–H groups in total. The molecule has 2 fully saturated rings. The molecule has 0 spiro atoms. The van der Waals surface area contributed by atoms with Gasteiger partial charge in [-0.05, 0) is 44.0 Å². The molecule has 0 radical (unpaired) electrons. The first-order valence-electron chi connectivity index (χ1n) is 17.2. The van der Waals surface area contributed by atoms with E-state index in [2.05, 4.69) is 15.0 Å². The van der Waals surface area contributed by atoms with Crippen molar-refractivity contribution in [1.82, 2.24) is 19.9 Å². The predicted octanol–water partition coefficient (Wildman–Crippen LogP) is 8.17. The van der Waals surface area contributed by atoms with E-state index >= 15 is 22.0 Å². The fraction of sp³-hybridized carbons (Fsp3) is 0.389. The molecule has 56 heavy (non-hydrogen) atoms. The average molecular weight is 809 g/mol. The Balaban J connectivity index is 1.41. The first-order valence-corrected chi connectivity index (χ1v) is 18.0. The fourth-order valence-electron chi connectivity index (χ4n) is 8.24. The van der Waals surface area contributed by atoms with E-state index in [1.54, 1.807) is 6.07 Å². The van der Waals surface area contributed by atoms with Crippen molar-refractivity contribution in [3.63, 3.8) is 0 Å². The monoisotopic (exact) mass is 808 g/mol. The summed E-state index contributed by atoms with van der Waals surface area (Å²) >= 11 is 0.598. The molecular formula is C36H29F9N8O2S. The summed E-state index contributed by atoms with van der Waals surface area (Å²) in [5.41, 5.74) is 5.53. The maximum Gasteiger partial charge on any atom is 0.420 e. The molecule has 5 aromatic rings. The van der Waals surface area contributed by atoms with Gasteiger partial charge in [0.25, 0.3) is 0 Å². The molecule has 294 valence electrons. The SMILES string of the molecule is C[C@H](c1cc(C(F)(F)F)cnc1N)N1CCOc2c(C(F)(F)F)c(-c3ccc(F)c4sc(N)c(C#N)c34)c(F)c3nc(OC[C@@]45CCCN4C[C@H](F)C5)nc1c23. The van der Waals surface area contributed by atoms with Crippen LogP contribution in [0.3, 0.4) is 0 Å². The van der Waals surface area contributed by atoms with Crippen molar-refractivity contribution < 1.29 is 49.0 Å². The van der Waals surface area contributed by atoms with Crippen LogP contribution < -0.4 is 25.8 Å². The van der Waals surface area contributed by atoms with Crippen molar-refractivity contribution in [2.24, 2.45) is 0 Å². The van der Waals surface area contributed by atoms with Gasteiger partial charge in [0.1, 0.15) is 64.7 Å². The lowest BCUT2D eigenvalue weighted by atomic mass is 9.91. The molecule has 0 aliphatic carbocycles. The van der Waals surface area contributed by atoms with Gasteiger partial charge in [0, 0.05) is 35.7 Å². The van der Waals surface area contributed by atoms with Crippen LogP contribution in [0.1, 0.15) is 54.5 Å². The van der Waals surface area contributed by atoms with Crippen LogP contribution in [-0.4, -0.2) is 64.4 Å². The number of benzene rings is 2. The number of pyridine rings is 1. The van der Waals surface area contributed by atoms with Gasteiger partial charge < -0.3 is 25.8 Å². The minimum atomic E-state index is -5.37. The third-order valence-electron chi connectivity index (χ3n) is 10.8. The Hall–Kier alpha value is -5.29. The molecule has 2 aromatic carbocycles. The average Bonchev–Trinajstić information content (AvgIpc) is 3.73. The number of fused-ring (bicyclic) bond motifs is 2. The number of nitriles is 1. The van der Waals surface area contributed by atoms with Crippen LogP contribution in [-0.2, 0) is 12.4 Å². The van der Waals surface area contributed by atoms with Crippen LogP contribution in [0.25, 0.3) is 32.1 Å². The molecule has 3 aliphatic rings. The van der Waals surface area contributed by atoms with E-state index in [9.17, 15) is 22.8 Å². The molecule has 6 heterocycles. The lowest BCUT2D eigenvalue weighted by Crippen LogP contribution is -2.43. The summed E-state index contributed by atoms with van der Waals surface area (Å²) < 4.78 is 146. The van der Waals surface area contributed by atoms with Crippen molar-refractivity contribution in [3.8, 4) is 29.0 Å². The predicted molar refractivity (Wildman–Crippen MR) is 188 cm³/mol. The highest BCUT2D eigenvalue weighted by Crippen LogP contribution is 2.54. The van der Waals surface area contributed by atoms with Crippen LogP contribution >= 0.6 is 11.3 Å². The highest BCUT2D eigenvalue weighted by Gasteiger charge is 2.50. The zero-order valence-electron chi connectivity index (χ0n) is 29.1. The van der Waals surface area contributed by atoms with E-state index in [4.69, 9.17) is 20.9 Å². The van der Waals surface area contributed by atoms with E-state index in [0.717, 1.165) is 24.6 Å². The number of nitrogen functional groups attached to an aromatic ring is 2. The van der Waals surface area contributed by atoms with Gasteiger partial charge in [-0.1, -0.05) is 6.07 Å². The summed E-state index contributed by atoms with van der Waals surface area (Å²) in [6.45, 7) is 1.15. The van der Waals surface area contributed by atoms with Gasteiger partial charge in [-0.2, -0.15) is 41.6 Å². The summed E-state index contributed by atoms with van der Waals surface area (Å²) in [5, 5.41) is 8.74. The Labute approximate surface area is 315 Å². The molecule has 0 unspecified atom stereocenters. The van der Waals surface area contributed by atoms with Crippen molar-refractivity contribution >= 4 is 49.0 Å². The van der Waals surface area contributed by atoms with E-state index in [0.29, 0.717) is 30.5 Å². The van der Waals surface area contributed by atoms with Gasteiger partial charge in [0.15, 0.2) is 5.82 Å². The number of thiophene rings is 1. The molecule has 0 bridgehead atoms. The van der Waals surface area contributed by atoms with E-state index in [-0.39, 0.29) is 58.1 Å². The number of nitrogens with zero attached hydrogens (tertiary/aromatic N) is 6. The summed E-state index contributed by atoms with van der Waals surface area (Å²) in [6, 6.07) is 2.53. The smallest absolute Gasteiger partial charge is 0.420 e. The lowest BCUT2D eigenvalue weighted by molar-refractivity contribution is -0.139. The van der Waals surface area contributed by atoms with Crippen LogP contribution in [0.2, 0.25) is 0 Å². The Morgan fingerprint density at radius 3 is 2.59 bits per heavy atom. The molecule has 8 rings (SSSR count). The van der Waals surface area contributed by atoms with Crippen molar-refractivity contribution in [2.45, 2.75) is 56.3 Å². The number of hydrogen-bond donors (Lipinski definition) is 2. The number of nitrogens with two attached hydrogens (primary N) is 2. The molecule has 3 aromatic heterocycles. The van der Waals surface area contributed by atoms with E-state index in [1.165, 1.54) is 11.8 Å². The Bertz CT molecular complexity index is 2470. The van der Waals surface area contributed by atoms with Gasteiger partial charge >= 0.3 is 18.4 Å². The quantitative estimate of drug-likeness (QED) is 0.162. The Morgan fingerprint density at radius 1 is 1.11 bits per heavy atom. The normalized spacial score (nSPS) is 20.6. The number of ether oxygens (including phenoxy) is 2. The maximum absolute atomic E-state index is 17.4. The van der Waals surface area contributed by atoms with Crippen molar-refractivity contribution in [1.29, 1.82) is 5.26 Å².